The van der Waals surface area contributed by atoms with Gasteiger partial charge in [-0.15, -0.1) is 0 Å². The summed E-state index contributed by atoms with van der Waals surface area (Å²) < 4.78 is 4.87. The molecule has 0 aliphatic carbocycles. The van der Waals surface area contributed by atoms with Gasteiger partial charge in [0.25, 0.3) is 0 Å². The van der Waals surface area contributed by atoms with Crippen LogP contribution in [0.15, 0.2) is 0 Å². The minimum atomic E-state index is -0.581. The summed E-state index contributed by atoms with van der Waals surface area (Å²) in [5, 5.41) is 8.92. The predicted molar refractivity (Wildman–Crippen MR) is 42.9 cm³/mol. The van der Waals surface area contributed by atoms with Crippen LogP contribution in [0.1, 0.15) is 13.3 Å². The van der Waals surface area contributed by atoms with Crippen molar-refractivity contribution in [2.24, 2.45) is 0 Å². The van der Waals surface area contributed by atoms with Gasteiger partial charge in [0, 0.05) is 6.61 Å². The molecule has 0 aliphatic heterocycles. The first-order valence-corrected chi connectivity index (χ1v) is 3.85. The van der Waals surface area contributed by atoms with E-state index in [1.165, 1.54) is 0 Å². The van der Waals surface area contributed by atoms with Crippen molar-refractivity contribution < 1.29 is 9.68 Å². The summed E-state index contributed by atoms with van der Waals surface area (Å²) in [6.45, 7) is 2.44. The van der Waals surface area contributed by atoms with Gasteiger partial charge in [-0.1, -0.05) is 0 Å². The van der Waals surface area contributed by atoms with E-state index in [0.29, 0.717) is 12.9 Å². The van der Waals surface area contributed by atoms with E-state index in [1.54, 1.807) is 0 Å². The van der Waals surface area contributed by atoms with Crippen molar-refractivity contribution in [3.8, 4) is 0 Å². The monoisotopic (exact) mass is 148 g/mol. The molecule has 0 saturated heterocycles. The second-order valence-electron chi connectivity index (χ2n) is 1.78. The van der Waals surface area contributed by atoms with Gasteiger partial charge >= 0.3 is 7.12 Å². The standard InChI is InChI=1S/C5H13BO2S/c1-2-8-6(7)4-3-5-9/h7,9H,2-5H2,1H3. The minimum absolute atomic E-state index is 0.577. The Balaban J connectivity index is 2.95. The molecule has 0 saturated carbocycles. The van der Waals surface area contributed by atoms with E-state index in [0.717, 1.165) is 12.2 Å². The molecule has 0 aliphatic rings. The van der Waals surface area contributed by atoms with E-state index in [9.17, 15) is 0 Å². The van der Waals surface area contributed by atoms with Gasteiger partial charge in [0.15, 0.2) is 0 Å². The largest absolute Gasteiger partial charge is 0.454 e. The second-order valence-corrected chi connectivity index (χ2v) is 2.22. The molecular formula is C5H13BO2S. The van der Waals surface area contributed by atoms with E-state index in [4.69, 9.17) is 9.68 Å². The molecule has 1 N–H and O–H groups in total. The topological polar surface area (TPSA) is 29.5 Å². The average molecular weight is 148 g/mol. The number of thiol groups is 1. The molecular weight excluding hydrogens is 135 g/mol. The van der Waals surface area contributed by atoms with Crippen molar-refractivity contribution >= 4 is 19.7 Å². The summed E-state index contributed by atoms with van der Waals surface area (Å²) in [7, 11) is -0.581. The van der Waals surface area contributed by atoms with E-state index in [1.807, 2.05) is 6.92 Å². The zero-order chi connectivity index (χ0) is 7.11. The zero-order valence-corrected chi connectivity index (χ0v) is 6.60. The fraction of sp³-hybridized carbons (Fsp3) is 1.00. The first-order chi connectivity index (χ1) is 4.31. The molecule has 0 atom stereocenters. The molecule has 0 heterocycles. The van der Waals surface area contributed by atoms with E-state index >= 15 is 0 Å². The molecule has 0 rings (SSSR count). The molecule has 4 heteroatoms. The van der Waals surface area contributed by atoms with Gasteiger partial charge in [-0.25, -0.2) is 0 Å². The van der Waals surface area contributed by atoms with Gasteiger partial charge in [0.2, 0.25) is 0 Å². The Hall–Kier alpha value is 0.335. The van der Waals surface area contributed by atoms with Gasteiger partial charge in [0.05, 0.1) is 0 Å². The maximum absolute atomic E-state index is 8.92. The molecule has 0 aromatic heterocycles. The van der Waals surface area contributed by atoms with Gasteiger partial charge < -0.3 is 9.68 Å². The summed E-state index contributed by atoms with van der Waals surface area (Å²) in [6.07, 6.45) is 1.60. The number of rotatable bonds is 5. The highest BCUT2D eigenvalue weighted by Gasteiger charge is 2.09. The average Bonchev–Trinajstić information content (AvgIpc) is 1.85. The van der Waals surface area contributed by atoms with Crippen LogP contribution in [0.4, 0.5) is 0 Å². The molecule has 0 unspecified atom stereocenters. The lowest BCUT2D eigenvalue weighted by Crippen LogP contribution is -2.16. The number of hydrogen-bond acceptors (Lipinski definition) is 3. The SMILES string of the molecule is CCOB(O)CCCS. The maximum atomic E-state index is 8.92. The van der Waals surface area contributed by atoms with Crippen LogP contribution in [-0.2, 0) is 4.65 Å². The van der Waals surface area contributed by atoms with Crippen LogP contribution in [0.2, 0.25) is 6.32 Å². The zero-order valence-electron chi connectivity index (χ0n) is 5.71. The van der Waals surface area contributed by atoms with Crippen molar-refractivity contribution in [2.75, 3.05) is 12.4 Å². The second kappa shape index (κ2) is 6.45. The number of hydrogen-bond donors (Lipinski definition) is 2. The summed E-state index contributed by atoms with van der Waals surface area (Å²) in [4.78, 5) is 0. The van der Waals surface area contributed by atoms with Crippen LogP contribution in [0.25, 0.3) is 0 Å². The van der Waals surface area contributed by atoms with Crippen LogP contribution < -0.4 is 0 Å². The smallest absolute Gasteiger partial charge is 0.427 e. The van der Waals surface area contributed by atoms with Crippen molar-refractivity contribution in [1.29, 1.82) is 0 Å². The third kappa shape index (κ3) is 6.22. The van der Waals surface area contributed by atoms with Crippen LogP contribution in [0.3, 0.4) is 0 Å². The predicted octanol–water partition coefficient (Wildman–Crippen LogP) is 0.823. The van der Waals surface area contributed by atoms with Crippen LogP contribution >= 0.6 is 12.6 Å². The van der Waals surface area contributed by atoms with Gasteiger partial charge in [-0.3, -0.25) is 0 Å². The van der Waals surface area contributed by atoms with E-state index < -0.39 is 7.12 Å². The van der Waals surface area contributed by atoms with Gasteiger partial charge in [-0.05, 0) is 25.4 Å². The highest BCUT2D eigenvalue weighted by atomic mass is 32.1. The lowest BCUT2D eigenvalue weighted by molar-refractivity contribution is 0.274. The Bertz CT molecular complexity index is 62.9. The minimum Gasteiger partial charge on any atom is -0.427 e. The fourth-order valence-electron chi connectivity index (χ4n) is 0.542. The first-order valence-electron chi connectivity index (χ1n) is 3.21. The van der Waals surface area contributed by atoms with Crippen LogP contribution in [0, 0.1) is 0 Å². The Morgan fingerprint density at radius 3 is 2.78 bits per heavy atom. The van der Waals surface area contributed by atoms with Crippen molar-refractivity contribution in [2.45, 2.75) is 19.7 Å². The summed E-state index contributed by atoms with van der Waals surface area (Å²) in [5.41, 5.74) is 0. The molecule has 2 nitrogen and oxygen atoms in total. The molecule has 0 bridgehead atoms. The lowest BCUT2D eigenvalue weighted by atomic mass is 9.84. The summed E-state index contributed by atoms with van der Waals surface area (Å²) >= 11 is 4.00. The normalized spacial score (nSPS) is 9.67. The van der Waals surface area contributed by atoms with E-state index in [2.05, 4.69) is 12.6 Å². The highest BCUT2D eigenvalue weighted by Crippen LogP contribution is 1.97. The van der Waals surface area contributed by atoms with Gasteiger partial charge in [-0.2, -0.15) is 12.6 Å². The van der Waals surface area contributed by atoms with Crippen molar-refractivity contribution in [3.63, 3.8) is 0 Å². The van der Waals surface area contributed by atoms with Crippen molar-refractivity contribution in [1.82, 2.24) is 0 Å². The van der Waals surface area contributed by atoms with Gasteiger partial charge in [0.1, 0.15) is 0 Å². The molecule has 0 fully saturated rings. The molecule has 9 heavy (non-hydrogen) atoms. The maximum Gasteiger partial charge on any atom is 0.454 e. The molecule has 0 radical (unpaired) electrons. The van der Waals surface area contributed by atoms with E-state index in [-0.39, 0.29) is 0 Å². The van der Waals surface area contributed by atoms with Crippen molar-refractivity contribution in [3.05, 3.63) is 0 Å². The third-order valence-electron chi connectivity index (χ3n) is 0.968. The summed E-state index contributed by atoms with van der Waals surface area (Å²) in [6, 6.07) is 0. The Morgan fingerprint density at radius 2 is 2.33 bits per heavy atom. The summed E-state index contributed by atoms with van der Waals surface area (Å²) in [5.74, 6) is 0.810. The molecule has 0 spiro atoms. The molecule has 54 valence electrons. The lowest BCUT2D eigenvalue weighted by Gasteiger charge is -2.02. The Labute approximate surface area is 62.2 Å². The quantitative estimate of drug-likeness (QED) is 0.446. The van der Waals surface area contributed by atoms with Crippen LogP contribution in [-0.4, -0.2) is 24.5 Å². The Morgan fingerprint density at radius 1 is 1.67 bits per heavy atom. The molecule has 0 aromatic rings. The molecule has 0 amide bonds. The fourth-order valence-corrected chi connectivity index (χ4v) is 0.724. The molecule has 0 aromatic carbocycles. The first kappa shape index (κ1) is 9.33. The highest BCUT2D eigenvalue weighted by molar-refractivity contribution is 7.80. The third-order valence-corrected chi connectivity index (χ3v) is 1.28. The van der Waals surface area contributed by atoms with Crippen LogP contribution in [0.5, 0.6) is 0 Å². The Kier molecular flexibility index (Phi) is 6.70.